The van der Waals surface area contributed by atoms with E-state index in [4.69, 9.17) is 16.3 Å². The van der Waals surface area contributed by atoms with E-state index in [1.54, 1.807) is 36.4 Å². The average molecular weight is 449 g/mol. The molecule has 9 heteroatoms. The number of sulfonamides is 1. The minimum Gasteiger partial charge on any atom is -0.497 e. The number of ether oxygens (including phenoxy) is 1. The highest BCUT2D eigenvalue weighted by Crippen LogP contribution is 2.35. The number of hydrogen-bond acceptors (Lipinski definition) is 5. The second kappa shape index (κ2) is 8.89. The van der Waals surface area contributed by atoms with Crippen LogP contribution in [-0.2, 0) is 26.0 Å². The van der Waals surface area contributed by atoms with Gasteiger partial charge in [-0.2, -0.15) is 0 Å². The molecule has 1 N–H and O–H groups in total. The summed E-state index contributed by atoms with van der Waals surface area (Å²) in [6.45, 7) is 1.18. The minimum atomic E-state index is -4.13. The maximum Gasteiger partial charge on any atom is 0.268 e. The summed E-state index contributed by atoms with van der Waals surface area (Å²) < 4.78 is 31.6. The van der Waals surface area contributed by atoms with E-state index in [9.17, 15) is 18.0 Å². The first kappa shape index (κ1) is 21.9. The van der Waals surface area contributed by atoms with Gasteiger partial charge in [-0.25, -0.2) is 12.7 Å². The molecule has 0 saturated carbocycles. The zero-order valence-electron chi connectivity index (χ0n) is 16.5. The van der Waals surface area contributed by atoms with Gasteiger partial charge in [-0.15, -0.1) is 0 Å². The number of halogens is 1. The molecular weight excluding hydrogens is 428 g/mol. The third-order valence-electron chi connectivity index (χ3n) is 4.72. The lowest BCUT2D eigenvalue weighted by molar-refractivity contribution is -0.128. The van der Waals surface area contributed by atoms with E-state index in [1.165, 1.54) is 14.0 Å². The van der Waals surface area contributed by atoms with Gasteiger partial charge in [0.2, 0.25) is 5.91 Å². The Labute approximate surface area is 180 Å². The van der Waals surface area contributed by atoms with Gasteiger partial charge in [0.25, 0.3) is 15.9 Å². The fraction of sp³-hybridized carbons (Fsp3) is 0.238. The molecule has 0 atom stereocenters. The van der Waals surface area contributed by atoms with Crippen molar-refractivity contribution in [2.24, 2.45) is 0 Å². The Bertz CT molecular complexity index is 1090. The molecule has 0 saturated heterocycles. The van der Waals surface area contributed by atoms with Gasteiger partial charge in [0.1, 0.15) is 17.2 Å². The minimum absolute atomic E-state index is 0.0779. The quantitative estimate of drug-likeness (QED) is 0.702. The summed E-state index contributed by atoms with van der Waals surface area (Å²) in [7, 11) is -2.63. The van der Waals surface area contributed by atoms with Gasteiger partial charge in [-0.3, -0.25) is 9.59 Å². The monoisotopic (exact) mass is 448 g/mol. The molecule has 0 unspecified atom stereocenters. The van der Waals surface area contributed by atoms with Crippen molar-refractivity contribution in [1.29, 1.82) is 0 Å². The van der Waals surface area contributed by atoms with E-state index in [0.717, 1.165) is 5.56 Å². The van der Waals surface area contributed by atoms with E-state index in [0.29, 0.717) is 33.6 Å². The van der Waals surface area contributed by atoms with Crippen LogP contribution in [0.15, 0.2) is 54.1 Å². The molecule has 1 heterocycles. The zero-order valence-corrected chi connectivity index (χ0v) is 18.1. The first-order valence-corrected chi connectivity index (χ1v) is 11.0. The topological polar surface area (TPSA) is 92.8 Å². The molecule has 0 bridgehead atoms. The summed E-state index contributed by atoms with van der Waals surface area (Å²) in [5, 5.41) is 3.27. The van der Waals surface area contributed by atoms with Crippen molar-refractivity contribution in [1.82, 2.24) is 9.62 Å². The molecule has 3 rings (SSSR count). The largest absolute Gasteiger partial charge is 0.497 e. The number of nitrogens with zero attached hydrogens (tertiary/aromatic N) is 1. The fourth-order valence-electron chi connectivity index (χ4n) is 3.15. The highest BCUT2D eigenvalue weighted by molar-refractivity contribution is 7.99. The summed E-state index contributed by atoms with van der Waals surface area (Å²) >= 11 is 5.84. The highest BCUT2D eigenvalue weighted by atomic mass is 35.5. The number of hydrogen-bond donors (Lipinski definition) is 1. The number of amides is 2. The van der Waals surface area contributed by atoms with Gasteiger partial charge in [-0.05, 0) is 60.9 Å². The Kier molecular flexibility index (Phi) is 6.48. The second-order valence-corrected chi connectivity index (χ2v) is 8.96. The van der Waals surface area contributed by atoms with Crippen LogP contribution in [-0.4, -0.2) is 44.7 Å². The van der Waals surface area contributed by atoms with Crippen molar-refractivity contribution in [3.63, 3.8) is 0 Å². The van der Waals surface area contributed by atoms with Crippen molar-refractivity contribution in [3.05, 3.63) is 70.3 Å². The molecule has 1 aliphatic heterocycles. The predicted molar refractivity (Wildman–Crippen MR) is 114 cm³/mol. The van der Waals surface area contributed by atoms with Crippen LogP contribution in [0.1, 0.15) is 18.1 Å². The maximum atomic E-state index is 13.0. The normalized spacial score (nSPS) is 15.4. The van der Waals surface area contributed by atoms with Gasteiger partial charge in [0.15, 0.2) is 0 Å². The third kappa shape index (κ3) is 4.49. The average Bonchev–Trinajstić information content (AvgIpc) is 2.89. The van der Waals surface area contributed by atoms with Crippen molar-refractivity contribution in [2.75, 3.05) is 20.2 Å². The molecule has 0 spiro atoms. The van der Waals surface area contributed by atoms with Crippen LogP contribution >= 0.6 is 11.6 Å². The lowest BCUT2D eigenvalue weighted by Gasteiger charge is -2.16. The smallest absolute Gasteiger partial charge is 0.268 e. The first-order valence-electron chi connectivity index (χ1n) is 9.17. The summed E-state index contributed by atoms with van der Waals surface area (Å²) in [6.07, 6.45) is 0.554. The molecule has 2 aromatic carbocycles. The number of carbonyl (C=O) groups is 2. The van der Waals surface area contributed by atoms with E-state index in [2.05, 4.69) is 5.32 Å². The van der Waals surface area contributed by atoms with Gasteiger partial charge < -0.3 is 10.1 Å². The molecule has 30 heavy (non-hydrogen) atoms. The van der Waals surface area contributed by atoms with Crippen LogP contribution < -0.4 is 10.1 Å². The van der Waals surface area contributed by atoms with Gasteiger partial charge >= 0.3 is 0 Å². The van der Waals surface area contributed by atoms with Crippen LogP contribution in [0, 0.1) is 0 Å². The number of benzene rings is 2. The molecule has 2 amide bonds. The highest BCUT2D eigenvalue weighted by Gasteiger charge is 2.43. The second-order valence-electron chi connectivity index (χ2n) is 6.73. The predicted octanol–water partition coefficient (Wildman–Crippen LogP) is 2.61. The molecule has 0 aromatic heterocycles. The van der Waals surface area contributed by atoms with Crippen molar-refractivity contribution in [2.45, 2.75) is 13.3 Å². The number of rotatable bonds is 7. The Hall–Kier alpha value is -2.84. The molecule has 0 aliphatic carbocycles. The summed E-state index contributed by atoms with van der Waals surface area (Å²) in [5.74, 6) is -0.686. The van der Waals surface area contributed by atoms with E-state index < -0.39 is 28.4 Å². The standard InChI is InChI=1S/C21H21ClN2O5S/c1-14-20(16-5-9-18(29-2)10-6-16)30(27,28)24(21(14)26)13-19(25)23-12-11-15-3-7-17(22)8-4-15/h3-10H,11-13H2,1-2H3,(H,23,25). The SMILES string of the molecule is COc1ccc(C2=C(C)C(=O)N(CC(=O)NCCc3ccc(Cl)cc3)S2(=O)=O)cc1. The Morgan fingerprint density at radius 2 is 1.73 bits per heavy atom. The molecular formula is C21H21ClN2O5S. The van der Waals surface area contributed by atoms with Crippen molar-refractivity contribution < 1.29 is 22.7 Å². The van der Waals surface area contributed by atoms with Crippen molar-refractivity contribution >= 4 is 38.3 Å². The van der Waals surface area contributed by atoms with Crippen LogP contribution in [0.5, 0.6) is 5.75 Å². The van der Waals surface area contributed by atoms with Crippen molar-refractivity contribution in [3.8, 4) is 5.75 Å². The third-order valence-corrected chi connectivity index (χ3v) is 6.91. The van der Waals surface area contributed by atoms with Gasteiger partial charge in [0.05, 0.1) is 7.11 Å². The number of methoxy groups -OCH3 is 1. The van der Waals surface area contributed by atoms with E-state index in [-0.39, 0.29) is 10.5 Å². The van der Waals surface area contributed by atoms with E-state index >= 15 is 0 Å². The van der Waals surface area contributed by atoms with Gasteiger partial charge in [0, 0.05) is 17.1 Å². The van der Waals surface area contributed by atoms with E-state index in [1.807, 2.05) is 12.1 Å². The zero-order chi connectivity index (χ0) is 21.9. The Balaban J connectivity index is 1.67. The molecule has 7 nitrogen and oxygen atoms in total. The lowest BCUT2D eigenvalue weighted by atomic mass is 10.1. The summed E-state index contributed by atoms with van der Waals surface area (Å²) in [6, 6.07) is 13.6. The fourth-order valence-corrected chi connectivity index (χ4v) is 5.04. The molecule has 0 fully saturated rings. The maximum absolute atomic E-state index is 13.0. The first-order chi connectivity index (χ1) is 14.2. The Morgan fingerprint density at radius 1 is 1.10 bits per heavy atom. The van der Waals surface area contributed by atoms with Crippen LogP contribution in [0.25, 0.3) is 4.91 Å². The Morgan fingerprint density at radius 3 is 2.33 bits per heavy atom. The number of nitrogens with one attached hydrogen (secondary N) is 1. The van der Waals surface area contributed by atoms with Crippen LogP contribution in [0.3, 0.4) is 0 Å². The van der Waals surface area contributed by atoms with Crippen LogP contribution in [0.4, 0.5) is 0 Å². The summed E-state index contributed by atoms with van der Waals surface area (Å²) in [4.78, 5) is 24.8. The number of carbonyl (C=O) groups excluding carboxylic acids is 2. The molecule has 0 radical (unpaired) electrons. The lowest BCUT2D eigenvalue weighted by Crippen LogP contribution is -2.41. The van der Waals surface area contributed by atoms with Gasteiger partial charge in [-0.1, -0.05) is 23.7 Å². The molecule has 2 aromatic rings. The molecule has 1 aliphatic rings. The van der Waals surface area contributed by atoms with Crippen LogP contribution in [0.2, 0.25) is 5.02 Å². The molecule has 158 valence electrons. The summed E-state index contributed by atoms with van der Waals surface area (Å²) in [5.41, 5.74) is 1.42.